The van der Waals surface area contributed by atoms with Crippen molar-refractivity contribution in [1.82, 2.24) is 15.7 Å². The second-order valence-electron chi connectivity index (χ2n) is 10.1. The average molecular weight is 611 g/mol. The lowest BCUT2D eigenvalue weighted by molar-refractivity contribution is -0.200. The molecule has 0 aliphatic heterocycles. The second kappa shape index (κ2) is 17.3. The zero-order chi connectivity index (χ0) is 31.2. The number of furan rings is 1. The molecular weight excluding hydrogens is 569 g/mol. The van der Waals surface area contributed by atoms with E-state index in [1.165, 1.54) is 12.2 Å². The molecule has 0 saturated carbocycles. The summed E-state index contributed by atoms with van der Waals surface area (Å²) < 4.78 is 22.7. The number of aryl methyl sites for hydroxylation is 1. The van der Waals surface area contributed by atoms with Crippen LogP contribution in [0.3, 0.4) is 0 Å². The van der Waals surface area contributed by atoms with Gasteiger partial charge >= 0.3 is 8.03 Å². The first-order valence-electron chi connectivity index (χ1n) is 14.5. The molecule has 0 fully saturated rings. The van der Waals surface area contributed by atoms with Crippen LogP contribution in [0.2, 0.25) is 0 Å². The Hall–Kier alpha value is -3.85. The molecule has 11 heteroatoms. The highest BCUT2D eigenvalue weighted by atomic mass is 31.1. The van der Waals surface area contributed by atoms with Gasteiger partial charge in [0.15, 0.2) is 5.76 Å². The first-order chi connectivity index (χ1) is 20.8. The number of carbonyl (C=O) groups excluding carboxylic acids is 3. The van der Waals surface area contributed by atoms with Crippen molar-refractivity contribution in [2.75, 3.05) is 13.8 Å². The highest BCUT2D eigenvalue weighted by Crippen LogP contribution is 2.27. The zero-order valence-corrected chi connectivity index (χ0v) is 26.1. The maximum Gasteiger partial charge on any atom is 0.548 e. The van der Waals surface area contributed by atoms with Crippen LogP contribution in [-0.2, 0) is 30.1 Å². The van der Waals surface area contributed by atoms with Gasteiger partial charge in [0.05, 0.1) is 25.7 Å². The van der Waals surface area contributed by atoms with Gasteiger partial charge in [-0.3, -0.25) is 19.2 Å². The van der Waals surface area contributed by atoms with Crippen LogP contribution in [0, 0.1) is 12.8 Å². The second-order valence-corrected chi connectivity index (χ2v) is 11.5. The van der Waals surface area contributed by atoms with Gasteiger partial charge in [-0.15, -0.1) is 4.52 Å². The van der Waals surface area contributed by atoms with E-state index in [4.69, 9.17) is 13.8 Å². The molecule has 3 atom stereocenters. The summed E-state index contributed by atoms with van der Waals surface area (Å²) in [6.07, 6.45) is 4.48. The van der Waals surface area contributed by atoms with Crippen LogP contribution in [0.4, 0.5) is 0 Å². The van der Waals surface area contributed by atoms with Crippen LogP contribution in [0.15, 0.2) is 65.1 Å². The Morgan fingerprint density at radius 2 is 1.81 bits per heavy atom. The van der Waals surface area contributed by atoms with Crippen molar-refractivity contribution in [3.63, 3.8) is 0 Å². The summed E-state index contributed by atoms with van der Waals surface area (Å²) in [6.45, 7) is 5.92. The number of carbonyl (C=O) groups is 3. The topological polar surface area (TPSA) is 127 Å². The van der Waals surface area contributed by atoms with Crippen LogP contribution in [0.1, 0.15) is 67.6 Å². The Bertz CT molecular complexity index is 1360. The molecule has 1 heterocycles. The quantitative estimate of drug-likeness (QED) is 0.0628. The number of nitrogens with zero attached hydrogens (tertiary/aromatic N) is 1. The van der Waals surface area contributed by atoms with Crippen LogP contribution >= 0.6 is 8.03 Å². The van der Waals surface area contributed by atoms with Gasteiger partial charge < -0.3 is 15.1 Å². The molecule has 2 N–H and O–H groups in total. The third kappa shape index (κ3) is 9.58. The molecule has 0 radical (unpaired) electrons. The highest BCUT2D eigenvalue weighted by Gasteiger charge is 2.32. The minimum atomic E-state index is -1.93. The van der Waals surface area contributed by atoms with E-state index in [0.29, 0.717) is 30.3 Å². The van der Waals surface area contributed by atoms with Crippen LogP contribution < -0.4 is 15.9 Å². The van der Waals surface area contributed by atoms with Gasteiger partial charge in [-0.25, -0.2) is 5.06 Å². The van der Waals surface area contributed by atoms with Crippen molar-refractivity contribution in [1.29, 1.82) is 0 Å². The Balaban J connectivity index is 1.61. The van der Waals surface area contributed by atoms with E-state index in [0.717, 1.165) is 36.0 Å². The molecule has 3 amide bonds. The number of hydroxylamine groups is 2. The molecule has 230 valence electrons. The monoisotopic (exact) mass is 610 g/mol. The van der Waals surface area contributed by atoms with Gasteiger partial charge in [-0.2, -0.15) is 0 Å². The van der Waals surface area contributed by atoms with Gasteiger partial charge in [-0.05, 0) is 60.2 Å². The maximum atomic E-state index is 13.4. The average Bonchev–Trinajstić information content (AvgIpc) is 3.52. The fourth-order valence-electron chi connectivity index (χ4n) is 4.84. The number of benzene rings is 2. The molecule has 0 bridgehead atoms. The number of unbranched alkanes of at least 4 members (excludes halogenated alkanes) is 2. The lowest BCUT2D eigenvalue weighted by atomic mass is 9.90. The van der Waals surface area contributed by atoms with Gasteiger partial charge in [0.25, 0.3) is 5.91 Å². The van der Waals surface area contributed by atoms with E-state index in [9.17, 15) is 18.9 Å². The van der Waals surface area contributed by atoms with E-state index in [2.05, 4.69) is 17.6 Å². The molecule has 1 aromatic heterocycles. The predicted octanol–water partition coefficient (Wildman–Crippen LogP) is 5.64. The normalized spacial score (nSPS) is 12.7. The van der Waals surface area contributed by atoms with Gasteiger partial charge in [0.2, 0.25) is 17.6 Å². The van der Waals surface area contributed by atoms with Crippen molar-refractivity contribution in [3.05, 3.63) is 77.6 Å². The van der Waals surface area contributed by atoms with E-state index in [-0.39, 0.29) is 24.9 Å². The summed E-state index contributed by atoms with van der Waals surface area (Å²) in [5.74, 6) is -0.728. The number of rotatable bonds is 18. The summed E-state index contributed by atoms with van der Waals surface area (Å²) in [5, 5.41) is 7.31. The van der Waals surface area contributed by atoms with Crippen molar-refractivity contribution in [2.24, 2.45) is 5.92 Å². The summed E-state index contributed by atoms with van der Waals surface area (Å²) in [4.78, 5) is 44.0. The van der Waals surface area contributed by atoms with Crippen LogP contribution in [0.5, 0.6) is 0 Å². The number of amides is 3. The summed E-state index contributed by atoms with van der Waals surface area (Å²) in [6, 6.07) is 17.5. The Morgan fingerprint density at radius 3 is 2.47 bits per heavy atom. The van der Waals surface area contributed by atoms with Crippen LogP contribution in [-0.4, -0.2) is 43.1 Å². The molecule has 0 saturated heterocycles. The Morgan fingerprint density at radius 1 is 1.05 bits per heavy atom. The standard InChI is InChI=1S/C32H40N3O7P/c1-5-7-9-14-26(27(6-2)35(22-36)41-20-24-12-10-8-11-13-24)31(37)33-21-34-32(38)29-17-16-28(42-29)25-15-18-30(23(3)19-25)43(39)40-4/h8,10-13,15-19,22,26-27H,5-7,9,14,20-21H2,1-4H3,(H-,33,34,37,38)/p+1. The Kier molecular flexibility index (Phi) is 13.5. The first-order valence-corrected chi connectivity index (χ1v) is 15.7. The highest BCUT2D eigenvalue weighted by molar-refractivity contribution is 7.48. The molecular formula is C32H41N3O7P+. The minimum Gasteiger partial charge on any atom is -0.451 e. The maximum absolute atomic E-state index is 13.4. The molecule has 10 nitrogen and oxygen atoms in total. The first kappa shape index (κ1) is 33.6. The number of hydrogen-bond donors (Lipinski definition) is 2. The molecule has 0 spiro atoms. The van der Waals surface area contributed by atoms with E-state index in [1.807, 2.05) is 50.2 Å². The largest absolute Gasteiger partial charge is 0.548 e. The smallest absolute Gasteiger partial charge is 0.451 e. The summed E-state index contributed by atoms with van der Waals surface area (Å²) >= 11 is 0. The zero-order valence-electron chi connectivity index (χ0n) is 25.2. The molecule has 3 aromatic rings. The molecule has 0 aliphatic rings. The SMILES string of the molecule is CCCCCC(C(=O)NCNC(=O)c1ccc(-c2ccc([P+](=O)OC)c(C)c2)o1)C(CC)N(C=O)OCc1ccccc1. The predicted molar refractivity (Wildman–Crippen MR) is 164 cm³/mol. The lowest BCUT2D eigenvalue weighted by Crippen LogP contribution is -2.48. The minimum absolute atomic E-state index is 0.0846. The van der Waals surface area contributed by atoms with Gasteiger partial charge in [0, 0.05) is 11.1 Å². The van der Waals surface area contributed by atoms with Crippen molar-refractivity contribution in [2.45, 2.75) is 65.5 Å². The van der Waals surface area contributed by atoms with E-state index in [1.54, 1.807) is 24.3 Å². The van der Waals surface area contributed by atoms with Crippen molar-refractivity contribution < 1.29 is 32.7 Å². The Labute approximate surface area is 253 Å². The summed E-state index contributed by atoms with van der Waals surface area (Å²) in [7, 11) is -0.540. The lowest BCUT2D eigenvalue weighted by Gasteiger charge is -2.32. The van der Waals surface area contributed by atoms with Crippen LogP contribution in [0.25, 0.3) is 11.3 Å². The third-order valence-electron chi connectivity index (χ3n) is 7.18. The molecule has 3 unspecified atom stereocenters. The summed E-state index contributed by atoms with van der Waals surface area (Å²) in [5.41, 5.74) is 2.42. The number of nitrogens with one attached hydrogen (secondary N) is 2. The van der Waals surface area contributed by atoms with Crippen molar-refractivity contribution in [3.8, 4) is 11.3 Å². The van der Waals surface area contributed by atoms with Gasteiger partial charge in [-0.1, -0.05) is 63.4 Å². The molecule has 3 rings (SSSR count). The van der Waals surface area contributed by atoms with E-state index < -0.39 is 25.9 Å². The van der Waals surface area contributed by atoms with Gasteiger partial charge in [0.1, 0.15) is 12.4 Å². The molecule has 0 aliphatic carbocycles. The van der Waals surface area contributed by atoms with Crippen molar-refractivity contribution >= 4 is 31.6 Å². The molecule has 2 aromatic carbocycles. The van der Waals surface area contributed by atoms with E-state index >= 15 is 0 Å². The fourth-order valence-corrected chi connectivity index (χ4v) is 5.58. The molecule has 43 heavy (non-hydrogen) atoms. The third-order valence-corrected chi connectivity index (χ3v) is 8.40. The fraction of sp³-hybridized carbons (Fsp3) is 0.406. The number of hydrogen-bond acceptors (Lipinski definition) is 7.